The van der Waals surface area contributed by atoms with Crippen LogP contribution in [0.2, 0.25) is 5.02 Å². The summed E-state index contributed by atoms with van der Waals surface area (Å²) >= 11 is 6.10. The van der Waals surface area contributed by atoms with Crippen molar-refractivity contribution in [2.24, 2.45) is 0 Å². The van der Waals surface area contributed by atoms with E-state index in [0.29, 0.717) is 38.7 Å². The molecule has 7 heteroatoms. The smallest absolute Gasteiger partial charge is 0.288 e. The minimum atomic E-state index is -0.533. The molecule has 0 saturated carbocycles. The number of amides is 1. The van der Waals surface area contributed by atoms with Gasteiger partial charge in [0.15, 0.2) is 0 Å². The van der Waals surface area contributed by atoms with E-state index in [1.54, 1.807) is 32.0 Å². The quantitative estimate of drug-likeness (QED) is 0.713. The number of hydrogen-bond donors (Lipinski definition) is 3. The highest BCUT2D eigenvalue weighted by Gasteiger charge is 2.15. The Kier molecular flexibility index (Phi) is 5.74. The van der Waals surface area contributed by atoms with Crippen molar-refractivity contribution in [3.63, 3.8) is 0 Å². The summed E-state index contributed by atoms with van der Waals surface area (Å²) < 4.78 is 0.586. The number of hydrogen-bond acceptors (Lipinski definition) is 4. The van der Waals surface area contributed by atoms with Crippen molar-refractivity contribution < 1.29 is 10.0 Å². The molecule has 25 heavy (non-hydrogen) atoms. The average molecular weight is 364 g/mol. The topological polar surface area (TPSA) is 83.4 Å². The first-order valence-electron chi connectivity index (χ1n) is 7.99. The minimum Gasteiger partial charge on any atom is -0.425 e. The number of benzene rings is 1. The molecule has 0 spiro atoms. The van der Waals surface area contributed by atoms with Crippen LogP contribution in [0.3, 0.4) is 0 Å². The molecule has 0 unspecified atom stereocenters. The standard InChI is InChI=1S/C18H22ClN3O3/c1-5-20-16-8-13(19)7-14(12(16)4)17(23)21-9-15-10(2)6-11(3)22(25)18(15)24/h6-8,20,25H,5,9H2,1-4H3,(H,21,23). The molecule has 0 aliphatic rings. The Morgan fingerprint density at radius 1 is 1.24 bits per heavy atom. The van der Waals surface area contributed by atoms with Gasteiger partial charge in [-0.3, -0.25) is 9.59 Å². The summed E-state index contributed by atoms with van der Waals surface area (Å²) in [5.74, 6) is -0.331. The zero-order chi connectivity index (χ0) is 18.7. The number of carbonyl (C=O) groups is 1. The molecule has 6 nitrogen and oxygen atoms in total. The van der Waals surface area contributed by atoms with Crippen molar-refractivity contribution in [2.45, 2.75) is 34.2 Å². The van der Waals surface area contributed by atoms with Gasteiger partial charge >= 0.3 is 0 Å². The van der Waals surface area contributed by atoms with Gasteiger partial charge in [0.1, 0.15) is 0 Å². The number of nitrogens with one attached hydrogen (secondary N) is 2. The van der Waals surface area contributed by atoms with Crippen molar-refractivity contribution in [1.82, 2.24) is 10.0 Å². The molecule has 0 atom stereocenters. The maximum absolute atomic E-state index is 12.6. The van der Waals surface area contributed by atoms with E-state index < -0.39 is 5.56 Å². The summed E-state index contributed by atoms with van der Waals surface area (Å²) in [6, 6.07) is 5.06. The van der Waals surface area contributed by atoms with Gasteiger partial charge < -0.3 is 15.8 Å². The average Bonchev–Trinajstić information content (AvgIpc) is 2.55. The third kappa shape index (κ3) is 3.96. The van der Waals surface area contributed by atoms with Gasteiger partial charge in [0.05, 0.1) is 5.69 Å². The second kappa shape index (κ2) is 7.61. The number of anilines is 1. The Balaban J connectivity index is 2.28. The van der Waals surface area contributed by atoms with E-state index in [-0.39, 0.29) is 12.5 Å². The maximum Gasteiger partial charge on any atom is 0.288 e. The molecule has 1 amide bonds. The second-order valence-electron chi connectivity index (χ2n) is 5.90. The van der Waals surface area contributed by atoms with Crippen molar-refractivity contribution >= 4 is 23.2 Å². The molecule has 0 saturated heterocycles. The fraction of sp³-hybridized carbons (Fsp3) is 0.333. The number of carbonyl (C=O) groups excluding carboxylic acids is 1. The maximum atomic E-state index is 12.6. The third-order valence-electron chi connectivity index (χ3n) is 4.10. The molecule has 0 aliphatic heterocycles. The zero-order valence-electron chi connectivity index (χ0n) is 14.7. The summed E-state index contributed by atoms with van der Waals surface area (Å²) in [7, 11) is 0. The second-order valence-corrected chi connectivity index (χ2v) is 6.34. The SMILES string of the molecule is CCNc1cc(Cl)cc(C(=O)NCc2c(C)cc(C)n(O)c2=O)c1C. The number of aromatic nitrogens is 1. The molecule has 0 fully saturated rings. The summed E-state index contributed by atoms with van der Waals surface area (Å²) in [6.45, 7) is 7.92. The Hall–Kier alpha value is -2.47. The lowest BCUT2D eigenvalue weighted by Gasteiger charge is -2.14. The van der Waals surface area contributed by atoms with Gasteiger partial charge in [-0.1, -0.05) is 11.6 Å². The minimum absolute atomic E-state index is 0.0207. The Morgan fingerprint density at radius 3 is 2.56 bits per heavy atom. The summed E-state index contributed by atoms with van der Waals surface area (Å²) in [4.78, 5) is 24.7. The highest BCUT2D eigenvalue weighted by Crippen LogP contribution is 2.25. The first-order valence-corrected chi connectivity index (χ1v) is 8.37. The molecule has 3 N–H and O–H groups in total. The molecule has 1 aromatic heterocycles. The van der Waals surface area contributed by atoms with Crippen LogP contribution in [0.25, 0.3) is 0 Å². The van der Waals surface area contributed by atoms with Crippen molar-refractivity contribution in [1.29, 1.82) is 0 Å². The van der Waals surface area contributed by atoms with Crippen LogP contribution in [0.15, 0.2) is 23.0 Å². The number of aryl methyl sites for hydroxylation is 2. The molecule has 0 bridgehead atoms. The van der Waals surface area contributed by atoms with E-state index in [1.807, 2.05) is 13.8 Å². The summed E-state index contributed by atoms with van der Waals surface area (Å²) in [5.41, 5.74) is 2.98. The van der Waals surface area contributed by atoms with Crippen LogP contribution in [-0.4, -0.2) is 22.4 Å². The molecule has 2 rings (SSSR count). The van der Waals surface area contributed by atoms with E-state index >= 15 is 0 Å². The van der Waals surface area contributed by atoms with E-state index in [0.717, 1.165) is 11.3 Å². The van der Waals surface area contributed by atoms with Gasteiger partial charge in [-0.15, -0.1) is 0 Å². The predicted molar refractivity (Wildman–Crippen MR) is 98.9 cm³/mol. The summed E-state index contributed by atoms with van der Waals surface area (Å²) in [5, 5.41) is 16.1. The largest absolute Gasteiger partial charge is 0.425 e. The number of rotatable bonds is 5. The highest BCUT2D eigenvalue weighted by molar-refractivity contribution is 6.31. The van der Waals surface area contributed by atoms with Gasteiger partial charge in [-0.05, 0) is 57.0 Å². The highest BCUT2D eigenvalue weighted by atomic mass is 35.5. The van der Waals surface area contributed by atoms with Crippen LogP contribution in [0.4, 0.5) is 5.69 Å². The number of pyridine rings is 1. The normalized spacial score (nSPS) is 10.6. The van der Waals surface area contributed by atoms with Crippen molar-refractivity contribution in [3.8, 4) is 0 Å². The molecule has 0 aliphatic carbocycles. The molecular formula is C18H22ClN3O3. The zero-order valence-corrected chi connectivity index (χ0v) is 15.5. The molecule has 1 aromatic carbocycles. The van der Waals surface area contributed by atoms with Gasteiger partial charge in [0.25, 0.3) is 11.5 Å². The Morgan fingerprint density at radius 2 is 1.92 bits per heavy atom. The van der Waals surface area contributed by atoms with Crippen LogP contribution in [0.5, 0.6) is 0 Å². The van der Waals surface area contributed by atoms with Crippen molar-refractivity contribution in [2.75, 3.05) is 11.9 Å². The van der Waals surface area contributed by atoms with Gasteiger partial charge in [0.2, 0.25) is 0 Å². The lowest BCUT2D eigenvalue weighted by molar-refractivity contribution is 0.0949. The lowest BCUT2D eigenvalue weighted by atomic mass is 10.1. The van der Waals surface area contributed by atoms with E-state index in [4.69, 9.17) is 11.6 Å². The molecule has 134 valence electrons. The Labute approximate surface area is 151 Å². The molecule has 0 radical (unpaired) electrons. The van der Waals surface area contributed by atoms with Crippen LogP contribution in [0.1, 0.15) is 39.7 Å². The van der Waals surface area contributed by atoms with Gasteiger partial charge in [-0.2, -0.15) is 4.73 Å². The monoisotopic (exact) mass is 363 g/mol. The number of halogens is 1. The first kappa shape index (κ1) is 18.9. The summed E-state index contributed by atoms with van der Waals surface area (Å²) in [6.07, 6.45) is 0. The van der Waals surface area contributed by atoms with Gasteiger partial charge in [0, 0.05) is 34.9 Å². The van der Waals surface area contributed by atoms with Crippen molar-refractivity contribution in [3.05, 3.63) is 61.5 Å². The number of nitrogens with zero attached hydrogens (tertiary/aromatic N) is 1. The van der Waals surface area contributed by atoms with E-state index in [9.17, 15) is 14.8 Å². The third-order valence-corrected chi connectivity index (χ3v) is 4.31. The Bertz CT molecular complexity index is 875. The van der Waals surface area contributed by atoms with Crippen LogP contribution in [-0.2, 0) is 6.54 Å². The lowest BCUT2D eigenvalue weighted by Crippen LogP contribution is -2.31. The van der Waals surface area contributed by atoms with Gasteiger partial charge in [-0.25, -0.2) is 0 Å². The molecule has 2 aromatic rings. The first-order chi connectivity index (χ1) is 11.8. The fourth-order valence-corrected chi connectivity index (χ4v) is 2.90. The van der Waals surface area contributed by atoms with Crippen LogP contribution in [0, 0.1) is 20.8 Å². The van der Waals surface area contributed by atoms with Crippen LogP contribution >= 0.6 is 11.6 Å². The van der Waals surface area contributed by atoms with Crippen LogP contribution < -0.4 is 16.2 Å². The molecule has 1 heterocycles. The van der Waals surface area contributed by atoms with E-state index in [1.165, 1.54) is 0 Å². The fourth-order valence-electron chi connectivity index (χ4n) is 2.69. The molecular weight excluding hydrogens is 342 g/mol. The predicted octanol–water partition coefficient (Wildman–Crippen LogP) is 3.03. The van der Waals surface area contributed by atoms with E-state index in [2.05, 4.69) is 10.6 Å².